The zero-order valence-corrected chi connectivity index (χ0v) is 11.8. The molecule has 0 bridgehead atoms. The second kappa shape index (κ2) is 6.89. The fourth-order valence-corrected chi connectivity index (χ4v) is 2.64. The van der Waals surface area contributed by atoms with Gasteiger partial charge in [-0.25, -0.2) is 0 Å². The van der Waals surface area contributed by atoms with Crippen molar-refractivity contribution in [3.8, 4) is 5.75 Å². The van der Waals surface area contributed by atoms with Gasteiger partial charge in [-0.2, -0.15) is 0 Å². The van der Waals surface area contributed by atoms with Gasteiger partial charge in [-0.05, 0) is 37.5 Å². The molecule has 1 aromatic carbocycles. The Balaban J connectivity index is 2.06. The van der Waals surface area contributed by atoms with Gasteiger partial charge in [0.25, 0.3) is 0 Å². The summed E-state index contributed by atoms with van der Waals surface area (Å²) in [6, 6.07) is 8.32. The van der Waals surface area contributed by atoms with E-state index in [9.17, 15) is 0 Å². The van der Waals surface area contributed by atoms with Crippen molar-refractivity contribution in [2.75, 3.05) is 13.2 Å². The molecule has 4 nitrogen and oxygen atoms in total. The molecule has 3 N–H and O–H groups in total. The summed E-state index contributed by atoms with van der Waals surface area (Å²) in [7, 11) is 0. The first-order valence-corrected chi connectivity index (χ1v) is 7.06. The van der Waals surface area contributed by atoms with Crippen molar-refractivity contribution in [2.24, 2.45) is 11.8 Å². The molecule has 1 fully saturated rings. The molecule has 1 aromatic rings. The quantitative estimate of drug-likeness (QED) is 0.612. The van der Waals surface area contributed by atoms with Gasteiger partial charge in [-0.1, -0.05) is 19.1 Å². The van der Waals surface area contributed by atoms with Crippen LogP contribution in [0.1, 0.15) is 38.3 Å². The van der Waals surface area contributed by atoms with Crippen LogP contribution in [0.2, 0.25) is 0 Å². The van der Waals surface area contributed by atoms with Crippen molar-refractivity contribution in [1.82, 2.24) is 5.43 Å². The Hall–Kier alpha value is -1.10. The van der Waals surface area contributed by atoms with E-state index in [1.165, 1.54) is 5.56 Å². The van der Waals surface area contributed by atoms with Gasteiger partial charge >= 0.3 is 0 Å². The predicted octanol–water partition coefficient (Wildman–Crippen LogP) is 2.40. The van der Waals surface area contributed by atoms with Crippen LogP contribution in [0.3, 0.4) is 0 Å². The number of rotatable bonds is 6. The minimum absolute atomic E-state index is 0.137. The maximum absolute atomic E-state index is 5.73. The summed E-state index contributed by atoms with van der Waals surface area (Å²) in [4.78, 5) is 0. The van der Waals surface area contributed by atoms with Gasteiger partial charge in [-0.3, -0.25) is 11.3 Å². The number of nitrogens with one attached hydrogen (secondary N) is 1. The molecule has 3 atom stereocenters. The van der Waals surface area contributed by atoms with Crippen LogP contribution in [-0.4, -0.2) is 19.3 Å². The van der Waals surface area contributed by atoms with Crippen LogP contribution >= 0.6 is 0 Å². The molecule has 4 heteroatoms. The largest absolute Gasteiger partial charge is 0.494 e. The predicted molar refractivity (Wildman–Crippen MR) is 75.8 cm³/mol. The molecule has 0 amide bonds. The summed E-state index contributed by atoms with van der Waals surface area (Å²) in [5.41, 5.74) is 4.12. The normalized spacial score (nSPS) is 24.4. The van der Waals surface area contributed by atoms with E-state index in [4.69, 9.17) is 15.3 Å². The first kappa shape index (κ1) is 14.3. The van der Waals surface area contributed by atoms with E-state index in [0.29, 0.717) is 5.92 Å². The third-order valence-electron chi connectivity index (χ3n) is 3.75. The smallest absolute Gasteiger partial charge is 0.119 e. The summed E-state index contributed by atoms with van der Waals surface area (Å²) < 4.78 is 11.2. The van der Waals surface area contributed by atoms with Gasteiger partial charge in [0.1, 0.15) is 5.75 Å². The molecule has 1 saturated heterocycles. The Bertz CT molecular complexity index is 380. The van der Waals surface area contributed by atoms with Crippen LogP contribution in [0.5, 0.6) is 5.75 Å². The molecule has 106 valence electrons. The van der Waals surface area contributed by atoms with E-state index in [-0.39, 0.29) is 12.1 Å². The lowest BCUT2D eigenvalue weighted by molar-refractivity contribution is 0.0954. The molecule has 0 saturated carbocycles. The second-order valence-electron chi connectivity index (χ2n) is 5.09. The first-order chi connectivity index (χ1) is 9.26. The fraction of sp³-hybridized carbons (Fsp3) is 0.600. The maximum atomic E-state index is 5.73. The van der Waals surface area contributed by atoms with Gasteiger partial charge in [0.2, 0.25) is 0 Å². The fourth-order valence-electron chi connectivity index (χ4n) is 2.64. The molecule has 0 aromatic heterocycles. The SMILES string of the molecule is CCCOc1ccc(C(NN)C2CCOC2C)cc1. The lowest BCUT2D eigenvalue weighted by atomic mass is 9.89. The first-order valence-electron chi connectivity index (χ1n) is 7.06. The van der Waals surface area contributed by atoms with Crippen molar-refractivity contribution < 1.29 is 9.47 Å². The van der Waals surface area contributed by atoms with Crippen LogP contribution in [-0.2, 0) is 4.74 Å². The molecule has 0 aliphatic carbocycles. The van der Waals surface area contributed by atoms with Crippen molar-refractivity contribution >= 4 is 0 Å². The Labute approximate surface area is 115 Å². The minimum Gasteiger partial charge on any atom is -0.494 e. The van der Waals surface area contributed by atoms with E-state index in [0.717, 1.165) is 31.8 Å². The highest BCUT2D eigenvalue weighted by atomic mass is 16.5. The Kier molecular flexibility index (Phi) is 5.19. The van der Waals surface area contributed by atoms with Crippen molar-refractivity contribution in [1.29, 1.82) is 0 Å². The minimum atomic E-state index is 0.137. The molecule has 2 rings (SSSR count). The number of hydrazine groups is 1. The Morgan fingerprint density at radius 1 is 1.42 bits per heavy atom. The zero-order chi connectivity index (χ0) is 13.7. The van der Waals surface area contributed by atoms with Gasteiger partial charge in [-0.15, -0.1) is 0 Å². The number of hydrogen-bond acceptors (Lipinski definition) is 4. The number of hydrogen-bond donors (Lipinski definition) is 2. The van der Waals surface area contributed by atoms with E-state index >= 15 is 0 Å². The van der Waals surface area contributed by atoms with E-state index < -0.39 is 0 Å². The van der Waals surface area contributed by atoms with E-state index in [2.05, 4.69) is 31.4 Å². The molecule has 1 aliphatic heterocycles. The second-order valence-corrected chi connectivity index (χ2v) is 5.09. The number of nitrogens with two attached hydrogens (primary N) is 1. The maximum Gasteiger partial charge on any atom is 0.119 e. The highest BCUT2D eigenvalue weighted by Crippen LogP contribution is 2.33. The molecule has 0 spiro atoms. The summed E-state index contributed by atoms with van der Waals surface area (Å²) in [5, 5.41) is 0. The molecule has 0 radical (unpaired) electrons. The summed E-state index contributed by atoms with van der Waals surface area (Å²) in [6.45, 7) is 5.79. The lowest BCUT2D eigenvalue weighted by Crippen LogP contribution is -2.36. The average molecular weight is 264 g/mol. The summed E-state index contributed by atoms with van der Waals surface area (Å²) >= 11 is 0. The summed E-state index contributed by atoms with van der Waals surface area (Å²) in [6.07, 6.45) is 2.31. The van der Waals surface area contributed by atoms with Gasteiger partial charge in [0, 0.05) is 12.5 Å². The van der Waals surface area contributed by atoms with Gasteiger partial charge < -0.3 is 9.47 Å². The van der Waals surface area contributed by atoms with Crippen LogP contribution in [0.15, 0.2) is 24.3 Å². The van der Waals surface area contributed by atoms with E-state index in [1.807, 2.05) is 12.1 Å². The van der Waals surface area contributed by atoms with Crippen LogP contribution in [0, 0.1) is 5.92 Å². The van der Waals surface area contributed by atoms with E-state index in [1.54, 1.807) is 0 Å². The zero-order valence-electron chi connectivity index (χ0n) is 11.8. The molecule has 19 heavy (non-hydrogen) atoms. The van der Waals surface area contributed by atoms with Crippen LogP contribution in [0.25, 0.3) is 0 Å². The number of benzene rings is 1. The molecule has 1 heterocycles. The lowest BCUT2D eigenvalue weighted by Gasteiger charge is -2.25. The monoisotopic (exact) mass is 264 g/mol. The molecular formula is C15H24N2O2. The van der Waals surface area contributed by atoms with Crippen LogP contribution < -0.4 is 16.0 Å². The molecule has 1 aliphatic rings. The topological polar surface area (TPSA) is 56.5 Å². The third kappa shape index (κ3) is 3.47. The van der Waals surface area contributed by atoms with Crippen molar-refractivity contribution in [3.63, 3.8) is 0 Å². The number of ether oxygens (including phenoxy) is 2. The van der Waals surface area contributed by atoms with Crippen LogP contribution in [0.4, 0.5) is 0 Å². The molecular weight excluding hydrogens is 240 g/mol. The van der Waals surface area contributed by atoms with Crippen molar-refractivity contribution in [3.05, 3.63) is 29.8 Å². The molecule has 3 unspecified atom stereocenters. The highest BCUT2D eigenvalue weighted by Gasteiger charge is 2.32. The average Bonchev–Trinajstić information content (AvgIpc) is 2.85. The Morgan fingerprint density at radius 3 is 2.68 bits per heavy atom. The summed E-state index contributed by atoms with van der Waals surface area (Å²) in [5.74, 6) is 7.07. The standard InChI is InChI=1S/C15H24N2O2/c1-3-9-19-13-6-4-12(5-7-13)15(17-16)14-8-10-18-11(14)2/h4-7,11,14-15,17H,3,8-10,16H2,1-2H3. The van der Waals surface area contributed by atoms with Gasteiger partial charge in [0.15, 0.2) is 0 Å². The van der Waals surface area contributed by atoms with Crippen molar-refractivity contribution in [2.45, 2.75) is 38.8 Å². The van der Waals surface area contributed by atoms with Gasteiger partial charge in [0.05, 0.1) is 18.8 Å². The highest BCUT2D eigenvalue weighted by molar-refractivity contribution is 5.29. The third-order valence-corrected chi connectivity index (χ3v) is 3.75. The Morgan fingerprint density at radius 2 is 2.16 bits per heavy atom.